The summed E-state index contributed by atoms with van der Waals surface area (Å²) in [5, 5.41) is 4.48. The molecule has 1 heterocycles. The molecule has 2 N–H and O–H groups in total. The zero-order valence-electron chi connectivity index (χ0n) is 7.67. The van der Waals surface area contributed by atoms with Gasteiger partial charge in [-0.2, -0.15) is 5.10 Å². The molecule has 2 rings (SSSR count). The highest BCUT2D eigenvalue weighted by Gasteiger charge is 2.20. The smallest absolute Gasteiger partial charge is 0.125 e. The zero-order chi connectivity index (χ0) is 8.72. The molecule has 1 aliphatic rings. The topological polar surface area (TPSA) is 43.8 Å². The van der Waals surface area contributed by atoms with Crippen LogP contribution in [0.2, 0.25) is 0 Å². The molecule has 66 valence electrons. The first-order chi connectivity index (χ1) is 5.70. The lowest BCUT2D eigenvalue weighted by atomic mass is 10.2. The van der Waals surface area contributed by atoms with E-state index in [9.17, 15) is 0 Å². The summed E-state index contributed by atoms with van der Waals surface area (Å²) in [5.74, 6) is 0.887. The summed E-state index contributed by atoms with van der Waals surface area (Å²) in [6.45, 7) is 4.22. The van der Waals surface area contributed by atoms with Crippen LogP contribution in [-0.2, 0) is 12.8 Å². The molecule has 0 bridgehead atoms. The van der Waals surface area contributed by atoms with Crippen LogP contribution in [0, 0.1) is 0 Å². The Morgan fingerprint density at radius 1 is 1.42 bits per heavy atom. The predicted molar refractivity (Wildman–Crippen MR) is 49.0 cm³/mol. The predicted octanol–water partition coefficient (Wildman–Crippen LogP) is 1.53. The van der Waals surface area contributed by atoms with Crippen molar-refractivity contribution in [2.24, 2.45) is 0 Å². The first kappa shape index (κ1) is 7.65. The van der Waals surface area contributed by atoms with E-state index in [-0.39, 0.29) is 0 Å². The lowest BCUT2D eigenvalue weighted by Gasteiger charge is -2.08. The second-order valence-electron chi connectivity index (χ2n) is 3.70. The van der Waals surface area contributed by atoms with E-state index in [4.69, 9.17) is 5.73 Å². The van der Waals surface area contributed by atoms with Crippen LogP contribution in [0.5, 0.6) is 0 Å². The molecule has 0 saturated heterocycles. The fourth-order valence-electron chi connectivity index (χ4n) is 1.83. The lowest BCUT2D eigenvalue weighted by molar-refractivity contribution is 0.532. The first-order valence-electron chi connectivity index (χ1n) is 4.56. The number of nitrogens with two attached hydrogens (primary N) is 1. The maximum Gasteiger partial charge on any atom is 0.125 e. The van der Waals surface area contributed by atoms with Crippen LogP contribution in [0.3, 0.4) is 0 Å². The van der Waals surface area contributed by atoms with Gasteiger partial charge in [0.2, 0.25) is 0 Å². The molecule has 1 aromatic heterocycles. The number of nitrogen functional groups attached to an aromatic ring is 1. The Hall–Kier alpha value is -0.990. The summed E-state index contributed by atoms with van der Waals surface area (Å²) in [7, 11) is 0. The summed E-state index contributed by atoms with van der Waals surface area (Å²) in [6.07, 6.45) is 3.45. The fraction of sp³-hybridized carbons (Fsp3) is 0.667. The summed E-state index contributed by atoms with van der Waals surface area (Å²) in [4.78, 5) is 0. The van der Waals surface area contributed by atoms with Crippen molar-refractivity contribution in [1.82, 2.24) is 9.78 Å². The SMILES string of the molecule is CC(C)n1nc2c(c1N)CCC2. The lowest BCUT2D eigenvalue weighted by Crippen LogP contribution is -2.08. The van der Waals surface area contributed by atoms with Crippen molar-refractivity contribution in [3.8, 4) is 0 Å². The van der Waals surface area contributed by atoms with Gasteiger partial charge in [0, 0.05) is 11.6 Å². The Morgan fingerprint density at radius 3 is 2.75 bits per heavy atom. The van der Waals surface area contributed by atoms with Crippen molar-refractivity contribution < 1.29 is 0 Å². The minimum absolute atomic E-state index is 0.385. The van der Waals surface area contributed by atoms with Crippen LogP contribution in [-0.4, -0.2) is 9.78 Å². The highest BCUT2D eigenvalue weighted by molar-refractivity contribution is 5.46. The van der Waals surface area contributed by atoms with Gasteiger partial charge in [0.1, 0.15) is 5.82 Å². The van der Waals surface area contributed by atoms with Gasteiger partial charge < -0.3 is 5.73 Å². The Balaban J connectivity index is 2.47. The van der Waals surface area contributed by atoms with Gasteiger partial charge in [-0.3, -0.25) is 0 Å². The summed E-state index contributed by atoms with van der Waals surface area (Å²) in [6, 6.07) is 0.385. The average Bonchev–Trinajstić information content (AvgIpc) is 2.53. The molecule has 1 aliphatic carbocycles. The van der Waals surface area contributed by atoms with E-state index in [0.29, 0.717) is 6.04 Å². The van der Waals surface area contributed by atoms with Crippen molar-refractivity contribution in [3.05, 3.63) is 11.3 Å². The summed E-state index contributed by atoms with van der Waals surface area (Å²) in [5.41, 5.74) is 8.47. The maximum atomic E-state index is 5.96. The third-order valence-electron chi connectivity index (χ3n) is 2.46. The van der Waals surface area contributed by atoms with Gasteiger partial charge in [0.15, 0.2) is 0 Å². The second-order valence-corrected chi connectivity index (χ2v) is 3.70. The van der Waals surface area contributed by atoms with E-state index in [1.807, 2.05) is 4.68 Å². The van der Waals surface area contributed by atoms with Crippen LogP contribution in [0.15, 0.2) is 0 Å². The molecular weight excluding hydrogens is 150 g/mol. The van der Waals surface area contributed by atoms with E-state index in [2.05, 4.69) is 18.9 Å². The van der Waals surface area contributed by atoms with Gasteiger partial charge in [-0.1, -0.05) is 0 Å². The molecule has 12 heavy (non-hydrogen) atoms. The Kier molecular flexibility index (Phi) is 1.60. The Bertz CT molecular complexity index is 299. The maximum absolute atomic E-state index is 5.96. The number of nitrogens with zero attached hydrogens (tertiary/aromatic N) is 2. The highest BCUT2D eigenvalue weighted by atomic mass is 15.3. The Labute approximate surface area is 72.6 Å². The van der Waals surface area contributed by atoms with E-state index in [1.54, 1.807) is 0 Å². The minimum atomic E-state index is 0.385. The molecule has 0 saturated carbocycles. The van der Waals surface area contributed by atoms with Gasteiger partial charge in [-0.25, -0.2) is 4.68 Å². The van der Waals surface area contributed by atoms with Crippen LogP contribution >= 0.6 is 0 Å². The van der Waals surface area contributed by atoms with Crippen molar-refractivity contribution in [3.63, 3.8) is 0 Å². The molecule has 3 heteroatoms. The summed E-state index contributed by atoms with van der Waals surface area (Å²) < 4.78 is 1.93. The minimum Gasteiger partial charge on any atom is -0.384 e. The molecular formula is C9H15N3. The molecule has 1 aromatic rings. The highest BCUT2D eigenvalue weighted by Crippen LogP contribution is 2.28. The number of hydrogen-bond acceptors (Lipinski definition) is 2. The standard InChI is InChI=1S/C9H15N3/c1-6(2)12-9(10)7-4-3-5-8(7)11-12/h6H,3-5,10H2,1-2H3. The van der Waals surface area contributed by atoms with Gasteiger partial charge in [0.25, 0.3) is 0 Å². The molecule has 3 nitrogen and oxygen atoms in total. The van der Waals surface area contributed by atoms with Crippen LogP contribution in [0.1, 0.15) is 37.6 Å². The molecule has 0 unspecified atom stereocenters. The first-order valence-corrected chi connectivity index (χ1v) is 4.56. The fourth-order valence-corrected chi connectivity index (χ4v) is 1.83. The molecule has 0 fully saturated rings. The number of aromatic nitrogens is 2. The monoisotopic (exact) mass is 165 g/mol. The number of fused-ring (bicyclic) bond motifs is 1. The quantitative estimate of drug-likeness (QED) is 0.686. The van der Waals surface area contributed by atoms with E-state index in [1.165, 1.54) is 17.7 Å². The molecule has 0 aliphatic heterocycles. The average molecular weight is 165 g/mol. The van der Waals surface area contributed by atoms with Gasteiger partial charge in [-0.15, -0.1) is 0 Å². The van der Waals surface area contributed by atoms with Crippen LogP contribution in [0.4, 0.5) is 5.82 Å². The number of hydrogen-bond donors (Lipinski definition) is 1. The van der Waals surface area contributed by atoms with Crippen molar-refractivity contribution in [2.75, 3.05) is 5.73 Å². The Morgan fingerprint density at radius 2 is 2.17 bits per heavy atom. The number of anilines is 1. The molecule has 0 amide bonds. The second kappa shape index (κ2) is 2.51. The van der Waals surface area contributed by atoms with Crippen molar-refractivity contribution in [2.45, 2.75) is 39.2 Å². The van der Waals surface area contributed by atoms with Crippen molar-refractivity contribution >= 4 is 5.82 Å². The molecule has 0 spiro atoms. The van der Waals surface area contributed by atoms with E-state index in [0.717, 1.165) is 18.7 Å². The van der Waals surface area contributed by atoms with E-state index < -0.39 is 0 Å². The summed E-state index contributed by atoms with van der Waals surface area (Å²) >= 11 is 0. The van der Waals surface area contributed by atoms with Crippen molar-refractivity contribution in [1.29, 1.82) is 0 Å². The third kappa shape index (κ3) is 0.924. The normalized spacial score (nSPS) is 15.6. The van der Waals surface area contributed by atoms with Gasteiger partial charge >= 0.3 is 0 Å². The number of aryl methyl sites for hydroxylation is 1. The molecule has 0 radical (unpaired) electrons. The van der Waals surface area contributed by atoms with Crippen LogP contribution < -0.4 is 5.73 Å². The molecule has 0 aromatic carbocycles. The van der Waals surface area contributed by atoms with Crippen LogP contribution in [0.25, 0.3) is 0 Å². The zero-order valence-corrected chi connectivity index (χ0v) is 7.67. The molecule has 0 atom stereocenters. The van der Waals surface area contributed by atoms with E-state index >= 15 is 0 Å². The number of rotatable bonds is 1. The van der Waals surface area contributed by atoms with Gasteiger partial charge in [-0.05, 0) is 33.1 Å². The largest absolute Gasteiger partial charge is 0.384 e. The van der Waals surface area contributed by atoms with Gasteiger partial charge in [0.05, 0.1) is 5.69 Å². The third-order valence-corrected chi connectivity index (χ3v) is 2.46.